The number of methoxy groups -OCH3 is 2. The van der Waals surface area contributed by atoms with Crippen LogP contribution in [0.5, 0.6) is 5.75 Å². The lowest BCUT2D eigenvalue weighted by Gasteiger charge is -2.13. The minimum atomic E-state index is -0.318. The van der Waals surface area contributed by atoms with E-state index in [0.29, 0.717) is 5.56 Å². The zero-order chi connectivity index (χ0) is 13.5. The average Bonchev–Trinajstić information content (AvgIpc) is 2.38. The maximum Gasteiger partial charge on any atom is 0.338 e. The van der Waals surface area contributed by atoms with E-state index in [4.69, 9.17) is 9.47 Å². The third-order valence-electron chi connectivity index (χ3n) is 2.83. The zero-order valence-corrected chi connectivity index (χ0v) is 12.7. The van der Waals surface area contributed by atoms with Gasteiger partial charge in [-0.25, -0.2) is 4.79 Å². The van der Waals surface area contributed by atoms with Gasteiger partial charge in [-0.05, 0) is 25.0 Å². The van der Waals surface area contributed by atoms with E-state index in [1.165, 1.54) is 7.11 Å². The first kappa shape index (κ1) is 15.0. The highest BCUT2D eigenvalue weighted by atomic mass is 79.9. The van der Waals surface area contributed by atoms with Gasteiger partial charge in [0.2, 0.25) is 0 Å². The summed E-state index contributed by atoms with van der Waals surface area (Å²) in [6.07, 6.45) is 4.15. The van der Waals surface area contributed by atoms with Crippen molar-refractivity contribution in [1.82, 2.24) is 0 Å². The topological polar surface area (TPSA) is 35.5 Å². The van der Waals surface area contributed by atoms with Crippen LogP contribution in [-0.4, -0.2) is 20.2 Å². The average molecular weight is 315 g/mol. The minimum Gasteiger partial charge on any atom is -0.496 e. The summed E-state index contributed by atoms with van der Waals surface area (Å²) in [7, 11) is 3.01. The Kier molecular flexibility index (Phi) is 6.19. The summed E-state index contributed by atoms with van der Waals surface area (Å²) in [4.78, 5) is 11.8. The van der Waals surface area contributed by atoms with E-state index in [1.54, 1.807) is 13.2 Å². The van der Waals surface area contributed by atoms with E-state index in [-0.39, 0.29) is 5.97 Å². The van der Waals surface area contributed by atoms with Crippen molar-refractivity contribution in [2.24, 2.45) is 0 Å². The molecule has 18 heavy (non-hydrogen) atoms. The fourth-order valence-corrected chi connectivity index (χ4v) is 2.33. The summed E-state index contributed by atoms with van der Waals surface area (Å²) in [5.41, 5.74) is 1.51. The lowest BCUT2D eigenvalue weighted by molar-refractivity contribution is 0.0599. The Balaban J connectivity index is 3.11. The second kappa shape index (κ2) is 7.41. The van der Waals surface area contributed by atoms with E-state index in [0.717, 1.165) is 41.5 Å². The summed E-state index contributed by atoms with van der Waals surface area (Å²) >= 11 is 3.38. The van der Waals surface area contributed by atoms with Crippen molar-refractivity contribution in [3.8, 4) is 5.75 Å². The predicted molar refractivity (Wildman–Crippen MR) is 75.3 cm³/mol. The first-order valence-corrected chi connectivity index (χ1v) is 6.88. The third kappa shape index (κ3) is 3.73. The van der Waals surface area contributed by atoms with Gasteiger partial charge in [-0.15, -0.1) is 0 Å². The molecule has 0 aliphatic rings. The molecule has 0 saturated heterocycles. The Labute approximate surface area is 117 Å². The fourth-order valence-electron chi connectivity index (χ4n) is 1.90. The Morgan fingerprint density at radius 2 is 2.00 bits per heavy atom. The predicted octanol–water partition coefficient (Wildman–Crippen LogP) is 3.98. The SMILES string of the molecule is CCCCCc1c(OC)cc(Br)cc1C(=O)OC. The number of carbonyl (C=O) groups is 1. The van der Waals surface area contributed by atoms with Gasteiger partial charge in [-0.3, -0.25) is 0 Å². The molecule has 0 atom stereocenters. The fraction of sp³-hybridized carbons (Fsp3) is 0.500. The van der Waals surface area contributed by atoms with Crippen molar-refractivity contribution in [3.05, 3.63) is 27.7 Å². The summed E-state index contributed by atoms with van der Waals surface area (Å²) < 4.78 is 11.0. The van der Waals surface area contributed by atoms with Gasteiger partial charge in [0, 0.05) is 10.0 Å². The number of rotatable bonds is 6. The maximum atomic E-state index is 11.8. The standard InChI is InChI=1S/C14H19BrO3/c1-4-5-6-7-11-12(14(16)18-3)8-10(15)9-13(11)17-2/h8-9H,4-7H2,1-3H3. The second-order valence-electron chi connectivity index (χ2n) is 4.08. The van der Waals surface area contributed by atoms with E-state index in [9.17, 15) is 4.79 Å². The highest BCUT2D eigenvalue weighted by molar-refractivity contribution is 9.10. The number of benzene rings is 1. The summed E-state index contributed by atoms with van der Waals surface area (Å²) in [5, 5.41) is 0. The van der Waals surface area contributed by atoms with Gasteiger partial charge < -0.3 is 9.47 Å². The molecule has 0 N–H and O–H groups in total. The van der Waals surface area contributed by atoms with Crippen LogP contribution in [0.1, 0.15) is 42.1 Å². The third-order valence-corrected chi connectivity index (χ3v) is 3.29. The normalized spacial score (nSPS) is 10.2. The second-order valence-corrected chi connectivity index (χ2v) is 5.00. The van der Waals surface area contributed by atoms with Gasteiger partial charge in [-0.2, -0.15) is 0 Å². The van der Waals surface area contributed by atoms with E-state index < -0.39 is 0 Å². The van der Waals surface area contributed by atoms with E-state index in [1.807, 2.05) is 6.07 Å². The molecule has 0 bridgehead atoms. The minimum absolute atomic E-state index is 0.318. The van der Waals surface area contributed by atoms with Crippen LogP contribution in [-0.2, 0) is 11.2 Å². The molecule has 1 aromatic carbocycles. The molecule has 0 spiro atoms. The molecular formula is C14H19BrO3. The van der Waals surface area contributed by atoms with Crippen LogP contribution in [0.3, 0.4) is 0 Å². The molecule has 100 valence electrons. The van der Waals surface area contributed by atoms with Gasteiger partial charge >= 0.3 is 5.97 Å². The van der Waals surface area contributed by atoms with Crippen molar-refractivity contribution < 1.29 is 14.3 Å². The highest BCUT2D eigenvalue weighted by Gasteiger charge is 2.17. The molecule has 0 heterocycles. The van der Waals surface area contributed by atoms with Gasteiger partial charge in [0.05, 0.1) is 19.8 Å². The monoisotopic (exact) mass is 314 g/mol. The van der Waals surface area contributed by atoms with Crippen molar-refractivity contribution in [2.45, 2.75) is 32.6 Å². The highest BCUT2D eigenvalue weighted by Crippen LogP contribution is 2.29. The summed E-state index contributed by atoms with van der Waals surface area (Å²) in [6.45, 7) is 2.15. The molecule has 4 heteroatoms. The first-order valence-electron chi connectivity index (χ1n) is 6.08. The molecule has 3 nitrogen and oxygen atoms in total. The van der Waals surface area contributed by atoms with Crippen molar-refractivity contribution >= 4 is 21.9 Å². The lowest BCUT2D eigenvalue weighted by atomic mass is 10.00. The lowest BCUT2D eigenvalue weighted by Crippen LogP contribution is -2.08. The van der Waals surface area contributed by atoms with Crippen molar-refractivity contribution in [2.75, 3.05) is 14.2 Å². The molecule has 0 radical (unpaired) electrons. The number of esters is 1. The van der Waals surface area contributed by atoms with Gasteiger partial charge in [-0.1, -0.05) is 35.7 Å². The van der Waals surface area contributed by atoms with Crippen LogP contribution in [0.4, 0.5) is 0 Å². The van der Waals surface area contributed by atoms with Crippen LogP contribution < -0.4 is 4.74 Å². The molecule has 0 aromatic heterocycles. The number of hydrogen-bond donors (Lipinski definition) is 0. The molecule has 1 rings (SSSR count). The number of unbranched alkanes of at least 4 members (excludes halogenated alkanes) is 2. The summed E-state index contributed by atoms with van der Waals surface area (Å²) in [5.74, 6) is 0.418. The molecule has 0 aliphatic carbocycles. The Bertz CT molecular complexity index is 416. The molecule has 0 aliphatic heterocycles. The summed E-state index contributed by atoms with van der Waals surface area (Å²) in [6, 6.07) is 3.67. The number of ether oxygens (including phenoxy) is 2. The van der Waals surface area contributed by atoms with Crippen LogP contribution in [0.15, 0.2) is 16.6 Å². The Morgan fingerprint density at radius 3 is 2.56 bits per heavy atom. The zero-order valence-electron chi connectivity index (χ0n) is 11.1. The maximum absolute atomic E-state index is 11.8. The van der Waals surface area contributed by atoms with Crippen LogP contribution in [0.2, 0.25) is 0 Å². The van der Waals surface area contributed by atoms with Crippen LogP contribution >= 0.6 is 15.9 Å². The number of halogens is 1. The van der Waals surface area contributed by atoms with Crippen LogP contribution in [0.25, 0.3) is 0 Å². The largest absolute Gasteiger partial charge is 0.496 e. The van der Waals surface area contributed by atoms with Crippen LogP contribution in [0, 0.1) is 0 Å². The van der Waals surface area contributed by atoms with Crippen molar-refractivity contribution in [3.63, 3.8) is 0 Å². The molecule has 0 unspecified atom stereocenters. The number of carbonyl (C=O) groups excluding carboxylic acids is 1. The molecule has 1 aromatic rings. The van der Waals surface area contributed by atoms with E-state index in [2.05, 4.69) is 22.9 Å². The van der Waals surface area contributed by atoms with Gasteiger partial charge in [0.1, 0.15) is 5.75 Å². The Hall–Kier alpha value is -1.03. The van der Waals surface area contributed by atoms with Gasteiger partial charge in [0.25, 0.3) is 0 Å². The Morgan fingerprint density at radius 1 is 1.28 bits per heavy atom. The van der Waals surface area contributed by atoms with E-state index >= 15 is 0 Å². The first-order chi connectivity index (χ1) is 8.63. The van der Waals surface area contributed by atoms with Crippen molar-refractivity contribution in [1.29, 1.82) is 0 Å². The molecule has 0 fully saturated rings. The number of hydrogen-bond acceptors (Lipinski definition) is 3. The molecular weight excluding hydrogens is 296 g/mol. The molecule has 0 saturated carbocycles. The van der Waals surface area contributed by atoms with Gasteiger partial charge in [0.15, 0.2) is 0 Å². The smallest absolute Gasteiger partial charge is 0.338 e. The molecule has 0 amide bonds. The quantitative estimate of drug-likeness (QED) is 0.588.